The van der Waals surface area contributed by atoms with Crippen LogP contribution in [0.25, 0.3) is 5.65 Å². The number of hydrogen-bond acceptors (Lipinski definition) is 4. The number of nitrogens with two attached hydrogens (primary N) is 1. The summed E-state index contributed by atoms with van der Waals surface area (Å²) < 4.78 is 1.82. The van der Waals surface area contributed by atoms with Crippen molar-refractivity contribution in [3.63, 3.8) is 0 Å². The van der Waals surface area contributed by atoms with E-state index in [2.05, 4.69) is 9.97 Å². The van der Waals surface area contributed by atoms with Crippen LogP contribution in [0.5, 0.6) is 0 Å². The van der Waals surface area contributed by atoms with Gasteiger partial charge >= 0.3 is 0 Å². The zero-order valence-corrected chi connectivity index (χ0v) is 11.9. The third kappa shape index (κ3) is 2.49. The van der Waals surface area contributed by atoms with E-state index in [4.69, 9.17) is 28.9 Å². The highest BCUT2D eigenvalue weighted by atomic mass is 35.5. The van der Waals surface area contributed by atoms with Crippen LogP contribution in [-0.4, -0.2) is 14.4 Å². The summed E-state index contributed by atoms with van der Waals surface area (Å²) in [7, 11) is 0. The minimum Gasteiger partial charge on any atom is -0.382 e. The smallest absolute Gasteiger partial charge is 0.170 e. The fourth-order valence-corrected chi connectivity index (χ4v) is 3.08. The molecule has 0 fully saturated rings. The van der Waals surface area contributed by atoms with Crippen LogP contribution in [0.2, 0.25) is 10.0 Å². The third-order valence-corrected chi connectivity index (χ3v) is 4.16. The number of nitrogen functional groups attached to an aromatic ring is 1. The van der Waals surface area contributed by atoms with Crippen LogP contribution in [0.15, 0.2) is 46.7 Å². The molecule has 2 N–H and O–H groups in total. The lowest BCUT2D eigenvalue weighted by atomic mass is 10.4. The van der Waals surface area contributed by atoms with E-state index in [9.17, 15) is 0 Å². The Morgan fingerprint density at radius 3 is 2.95 bits per heavy atom. The molecule has 0 saturated heterocycles. The van der Waals surface area contributed by atoms with Gasteiger partial charge in [0.15, 0.2) is 5.65 Å². The molecular weight excluding hydrogens is 303 g/mol. The van der Waals surface area contributed by atoms with Gasteiger partial charge in [0.2, 0.25) is 0 Å². The quantitative estimate of drug-likeness (QED) is 0.783. The lowest BCUT2D eigenvalue weighted by molar-refractivity contribution is 1.04. The molecule has 0 aliphatic rings. The first kappa shape index (κ1) is 12.6. The molecule has 0 unspecified atom stereocenters. The molecule has 96 valence electrons. The van der Waals surface area contributed by atoms with Gasteiger partial charge in [0.05, 0.1) is 11.2 Å². The van der Waals surface area contributed by atoms with Gasteiger partial charge in [-0.2, -0.15) is 0 Å². The summed E-state index contributed by atoms with van der Waals surface area (Å²) in [6.07, 6.45) is 5.23. The average Bonchev–Trinajstić information content (AvgIpc) is 2.82. The number of rotatable bonds is 2. The van der Waals surface area contributed by atoms with Gasteiger partial charge in [0.1, 0.15) is 10.8 Å². The summed E-state index contributed by atoms with van der Waals surface area (Å²) in [6, 6.07) is 5.28. The molecule has 3 aromatic rings. The number of imidazole rings is 1. The van der Waals surface area contributed by atoms with Gasteiger partial charge in [-0.1, -0.05) is 35.0 Å². The predicted molar refractivity (Wildman–Crippen MR) is 78.0 cm³/mol. The summed E-state index contributed by atoms with van der Waals surface area (Å²) >= 11 is 13.5. The van der Waals surface area contributed by atoms with Crippen LogP contribution < -0.4 is 5.73 Å². The second-order valence-corrected chi connectivity index (χ2v) is 5.68. The molecule has 1 aromatic carbocycles. The SMILES string of the molecule is Nc1cn2ccnc2c(Sc2cc(Cl)ccc2Cl)n1. The summed E-state index contributed by atoms with van der Waals surface area (Å²) in [5.74, 6) is 0.422. The monoisotopic (exact) mass is 310 g/mol. The van der Waals surface area contributed by atoms with Gasteiger partial charge in [0.25, 0.3) is 0 Å². The lowest BCUT2D eigenvalue weighted by Crippen LogP contribution is -1.97. The standard InChI is InChI=1S/C12H8Cl2N4S/c13-7-1-2-8(14)9(5-7)19-12-11-16-3-4-18(11)6-10(15)17-12/h1-6H,15H2. The summed E-state index contributed by atoms with van der Waals surface area (Å²) in [6.45, 7) is 0. The van der Waals surface area contributed by atoms with Gasteiger partial charge in [0, 0.05) is 22.3 Å². The van der Waals surface area contributed by atoms with Crippen molar-refractivity contribution in [2.24, 2.45) is 0 Å². The average molecular weight is 311 g/mol. The largest absolute Gasteiger partial charge is 0.382 e. The Hall–Kier alpha value is -1.43. The van der Waals surface area contributed by atoms with Crippen LogP contribution in [0.3, 0.4) is 0 Å². The van der Waals surface area contributed by atoms with Crippen molar-refractivity contribution in [3.05, 3.63) is 46.8 Å². The number of anilines is 1. The molecule has 0 aliphatic carbocycles. The maximum absolute atomic E-state index is 6.15. The van der Waals surface area contributed by atoms with E-state index >= 15 is 0 Å². The number of fused-ring (bicyclic) bond motifs is 1. The predicted octanol–water partition coefficient (Wildman–Crippen LogP) is 3.77. The van der Waals surface area contributed by atoms with Crippen molar-refractivity contribution in [1.82, 2.24) is 14.4 Å². The molecule has 0 spiro atoms. The zero-order valence-electron chi connectivity index (χ0n) is 9.55. The van der Waals surface area contributed by atoms with Gasteiger partial charge in [-0.25, -0.2) is 9.97 Å². The highest BCUT2D eigenvalue weighted by Gasteiger charge is 2.11. The molecule has 0 aliphatic heterocycles. The molecule has 2 aromatic heterocycles. The van der Waals surface area contributed by atoms with Crippen LogP contribution in [0.4, 0.5) is 5.82 Å². The van der Waals surface area contributed by atoms with E-state index in [1.165, 1.54) is 11.8 Å². The molecule has 7 heteroatoms. The number of nitrogens with zero attached hydrogens (tertiary/aromatic N) is 3. The molecule has 0 radical (unpaired) electrons. The van der Waals surface area contributed by atoms with Crippen molar-refractivity contribution in [2.45, 2.75) is 9.92 Å². The van der Waals surface area contributed by atoms with Crippen LogP contribution in [-0.2, 0) is 0 Å². The number of benzene rings is 1. The first-order valence-electron chi connectivity index (χ1n) is 5.35. The Balaban J connectivity index is 2.10. The number of hydrogen-bond donors (Lipinski definition) is 1. The summed E-state index contributed by atoms with van der Waals surface area (Å²) in [5.41, 5.74) is 6.51. The minimum absolute atomic E-state index is 0.422. The van der Waals surface area contributed by atoms with Crippen molar-refractivity contribution < 1.29 is 0 Å². The fourth-order valence-electron chi connectivity index (χ4n) is 1.65. The number of aromatic nitrogens is 3. The molecule has 0 atom stereocenters. The zero-order chi connectivity index (χ0) is 13.4. The molecule has 0 amide bonds. The van der Waals surface area contributed by atoms with Gasteiger partial charge in [-0.15, -0.1) is 0 Å². The maximum atomic E-state index is 6.15. The van der Waals surface area contributed by atoms with Gasteiger partial charge < -0.3 is 10.1 Å². The van der Waals surface area contributed by atoms with Crippen LogP contribution >= 0.6 is 35.0 Å². The summed E-state index contributed by atoms with van der Waals surface area (Å²) in [5, 5.41) is 1.92. The lowest BCUT2D eigenvalue weighted by Gasteiger charge is -2.06. The maximum Gasteiger partial charge on any atom is 0.170 e. The molecular formula is C12H8Cl2N4S. The molecule has 0 saturated carbocycles. The molecule has 19 heavy (non-hydrogen) atoms. The Kier molecular flexibility index (Phi) is 3.26. The molecule has 2 heterocycles. The fraction of sp³-hybridized carbons (Fsp3) is 0. The Labute approximate surface area is 123 Å². The highest BCUT2D eigenvalue weighted by molar-refractivity contribution is 7.99. The third-order valence-electron chi connectivity index (χ3n) is 2.46. The van der Waals surface area contributed by atoms with Crippen molar-refractivity contribution in [1.29, 1.82) is 0 Å². The van der Waals surface area contributed by atoms with Crippen molar-refractivity contribution in [2.75, 3.05) is 5.73 Å². The van der Waals surface area contributed by atoms with E-state index < -0.39 is 0 Å². The van der Waals surface area contributed by atoms with E-state index in [0.29, 0.717) is 20.9 Å². The normalized spacial score (nSPS) is 11.1. The van der Waals surface area contributed by atoms with Crippen molar-refractivity contribution in [3.8, 4) is 0 Å². The summed E-state index contributed by atoms with van der Waals surface area (Å²) in [4.78, 5) is 9.37. The first-order valence-corrected chi connectivity index (χ1v) is 6.93. The first-order chi connectivity index (χ1) is 9.13. The van der Waals surface area contributed by atoms with Crippen molar-refractivity contribution >= 4 is 46.4 Å². The minimum atomic E-state index is 0.422. The van der Waals surface area contributed by atoms with E-state index in [1.807, 2.05) is 10.6 Å². The molecule has 3 rings (SSSR count). The Morgan fingerprint density at radius 2 is 2.11 bits per heavy atom. The Bertz CT molecular complexity index is 757. The van der Waals surface area contributed by atoms with E-state index in [-0.39, 0.29) is 0 Å². The highest BCUT2D eigenvalue weighted by Crippen LogP contribution is 2.35. The topological polar surface area (TPSA) is 56.2 Å². The second kappa shape index (κ2) is 4.92. The molecule has 4 nitrogen and oxygen atoms in total. The molecule has 0 bridgehead atoms. The van der Waals surface area contributed by atoms with Crippen LogP contribution in [0, 0.1) is 0 Å². The number of halogens is 2. The van der Waals surface area contributed by atoms with E-state index in [0.717, 1.165) is 10.5 Å². The van der Waals surface area contributed by atoms with Gasteiger partial charge in [-0.05, 0) is 18.2 Å². The second-order valence-electron chi connectivity index (χ2n) is 3.81. The van der Waals surface area contributed by atoms with Crippen LogP contribution in [0.1, 0.15) is 0 Å². The van der Waals surface area contributed by atoms with Gasteiger partial charge in [-0.3, -0.25) is 0 Å². The van der Waals surface area contributed by atoms with E-state index in [1.54, 1.807) is 30.6 Å². The Morgan fingerprint density at radius 1 is 1.26 bits per heavy atom.